The van der Waals surface area contributed by atoms with E-state index in [0.29, 0.717) is 35.8 Å². The summed E-state index contributed by atoms with van der Waals surface area (Å²) in [6, 6.07) is 12.8. The molecular formula is C28H35N5O4. The molecule has 0 aliphatic carbocycles. The minimum absolute atomic E-state index is 0.191. The number of aliphatic carboxylic acids is 1. The number of piperidine rings is 1. The van der Waals surface area contributed by atoms with Gasteiger partial charge in [0.1, 0.15) is 23.2 Å². The summed E-state index contributed by atoms with van der Waals surface area (Å²) in [6.45, 7) is 6.61. The van der Waals surface area contributed by atoms with E-state index in [0.717, 1.165) is 49.5 Å². The van der Waals surface area contributed by atoms with Crippen LogP contribution < -0.4 is 15.5 Å². The third-order valence-electron chi connectivity index (χ3n) is 6.91. The molecule has 1 amide bonds. The van der Waals surface area contributed by atoms with Gasteiger partial charge in [-0.2, -0.15) is 0 Å². The van der Waals surface area contributed by atoms with Crippen LogP contribution in [0.4, 0.5) is 11.5 Å². The Hall–Kier alpha value is -3.88. The van der Waals surface area contributed by atoms with E-state index >= 15 is 0 Å². The number of rotatable bonds is 11. The van der Waals surface area contributed by atoms with Crippen molar-refractivity contribution in [1.82, 2.24) is 15.5 Å². The summed E-state index contributed by atoms with van der Waals surface area (Å²) in [4.78, 5) is 31.5. The first kappa shape index (κ1) is 26.2. The van der Waals surface area contributed by atoms with Gasteiger partial charge >= 0.3 is 5.97 Å². The highest BCUT2D eigenvalue weighted by atomic mass is 16.5. The summed E-state index contributed by atoms with van der Waals surface area (Å²) in [5.41, 5.74) is 2.87. The SMILES string of the molecule is CCc1noc(CC)c1C(=O)NC(Cc1ccc(N2CCC(CNc3ccccn3)CC2)cc1)C(=O)O. The smallest absolute Gasteiger partial charge is 0.326 e. The van der Waals surface area contributed by atoms with Crippen molar-refractivity contribution in [3.8, 4) is 0 Å². The number of carboxylic acid groups (broad SMARTS) is 1. The maximum atomic E-state index is 12.9. The van der Waals surface area contributed by atoms with Gasteiger partial charge in [-0.25, -0.2) is 9.78 Å². The minimum atomic E-state index is -1.08. The number of carboxylic acids is 1. The van der Waals surface area contributed by atoms with Crippen LogP contribution >= 0.6 is 0 Å². The zero-order chi connectivity index (χ0) is 26.2. The third-order valence-corrected chi connectivity index (χ3v) is 6.91. The molecule has 3 heterocycles. The first-order chi connectivity index (χ1) is 18.0. The van der Waals surface area contributed by atoms with Crippen LogP contribution in [0.5, 0.6) is 0 Å². The molecule has 1 aliphatic heterocycles. The maximum absolute atomic E-state index is 12.9. The predicted molar refractivity (Wildman–Crippen MR) is 142 cm³/mol. The van der Waals surface area contributed by atoms with Gasteiger partial charge in [0, 0.05) is 44.4 Å². The molecule has 0 radical (unpaired) electrons. The number of benzene rings is 1. The van der Waals surface area contributed by atoms with Crippen LogP contribution in [0.2, 0.25) is 0 Å². The Balaban J connectivity index is 1.31. The van der Waals surface area contributed by atoms with Crippen molar-refractivity contribution in [3.05, 3.63) is 71.2 Å². The van der Waals surface area contributed by atoms with Crippen molar-refractivity contribution in [3.63, 3.8) is 0 Å². The highest BCUT2D eigenvalue weighted by molar-refractivity contribution is 5.98. The van der Waals surface area contributed by atoms with Crippen LogP contribution in [0.1, 0.15) is 54.1 Å². The Morgan fingerprint density at radius 3 is 2.49 bits per heavy atom. The second kappa shape index (κ2) is 12.4. The highest BCUT2D eigenvalue weighted by Crippen LogP contribution is 2.24. The van der Waals surface area contributed by atoms with Crippen LogP contribution in [-0.4, -0.2) is 52.8 Å². The van der Waals surface area contributed by atoms with E-state index in [1.54, 1.807) is 6.20 Å². The van der Waals surface area contributed by atoms with Gasteiger partial charge in [-0.05, 0) is 55.0 Å². The van der Waals surface area contributed by atoms with Gasteiger partial charge in [0.15, 0.2) is 0 Å². The highest BCUT2D eigenvalue weighted by Gasteiger charge is 2.27. The summed E-state index contributed by atoms with van der Waals surface area (Å²) in [5.74, 6) is 0.448. The first-order valence-electron chi connectivity index (χ1n) is 13.0. The molecule has 2 aromatic heterocycles. The van der Waals surface area contributed by atoms with Crippen LogP contribution in [0.3, 0.4) is 0 Å². The molecule has 1 atom stereocenters. The van der Waals surface area contributed by atoms with E-state index in [1.165, 1.54) is 0 Å². The number of carbonyl (C=O) groups is 2. The van der Waals surface area contributed by atoms with Gasteiger partial charge in [0.25, 0.3) is 5.91 Å². The molecule has 9 heteroatoms. The average molecular weight is 506 g/mol. The Morgan fingerprint density at radius 2 is 1.86 bits per heavy atom. The molecule has 1 saturated heterocycles. The lowest BCUT2D eigenvalue weighted by molar-refractivity contribution is -0.139. The van der Waals surface area contributed by atoms with E-state index in [1.807, 2.05) is 56.3 Å². The van der Waals surface area contributed by atoms with Gasteiger partial charge in [-0.15, -0.1) is 0 Å². The van der Waals surface area contributed by atoms with E-state index in [2.05, 4.69) is 25.7 Å². The lowest BCUT2D eigenvalue weighted by Crippen LogP contribution is -2.42. The number of nitrogens with zero attached hydrogens (tertiary/aromatic N) is 3. The van der Waals surface area contributed by atoms with Crippen LogP contribution in [-0.2, 0) is 24.1 Å². The third kappa shape index (κ3) is 6.67. The quantitative estimate of drug-likeness (QED) is 0.358. The molecule has 1 fully saturated rings. The number of pyridine rings is 1. The van der Waals surface area contributed by atoms with Crippen molar-refractivity contribution in [2.45, 2.75) is 52.0 Å². The van der Waals surface area contributed by atoms with Crippen molar-refractivity contribution in [2.75, 3.05) is 29.9 Å². The molecule has 0 bridgehead atoms. The molecule has 0 saturated carbocycles. The van der Waals surface area contributed by atoms with E-state index in [9.17, 15) is 14.7 Å². The molecule has 1 unspecified atom stereocenters. The summed E-state index contributed by atoms with van der Waals surface area (Å²) in [7, 11) is 0. The Bertz CT molecular complexity index is 1150. The number of aromatic nitrogens is 2. The number of carbonyl (C=O) groups excluding carboxylic acids is 1. The van der Waals surface area contributed by atoms with Crippen LogP contribution in [0.15, 0.2) is 53.2 Å². The molecule has 37 heavy (non-hydrogen) atoms. The molecule has 3 N–H and O–H groups in total. The van der Waals surface area contributed by atoms with Crippen molar-refractivity contribution >= 4 is 23.4 Å². The Kier molecular flexibility index (Phi) is 8.77. The van der Waals surface area contributed by atoms with Gasteiger partial charge in [0.05, 0.1) is 5.69 Å². The zero-order valence-electron chi connectivity index (χ0n) is 21.4. The monoisotopic (exact) mass is 505 g/mol. The average Bonchev–Trinajstić information content (AvgIpc) is 3.36. The van der Waals surface area contributed by atoms with Gasteiger partial charge in [-0.1, -0.05) is 37.2 Å². The fraction of sp³-hybridized carbons (Fsp3) is 0.429. The van der Waals surface area contributed by atoms with Crippen LogP contribution in [0.25, 0.3) is 0 Å². The van der Waals surface area contributed by atoms with Gasteiger partial charge < -0.3 is 25.2 Å². The second-order valence-electron chi connectivity index (χ2n) is 9.40. The van der Waals surface area contributed by atoms with Crippen molar-refractivity contribution < 1.29 is 19.2 Å². The molecule has 1 aliphatic rings. The zero-order valence-corrected chi connectivity index (χ0v) is 21.4. The lowest BCUT2D eigenvalue weighted by Gasteiger charge is -2.34. The van der Waals surface area contributed by atoms with Crippen molar-refractivity contribution in [2.24, 2.45) is 5.92 Å². The molecule has 9 nitrogen and oxygen atoms in total. The second-order valence-corrected chi connectivity index (χ2v) is 9.40. The fourth-order valence-corrected chi connectivity index (χ4v) is 4.72. The first-order valence-corrected chi connectivity index (χ1v) is 13.0. The van der Waals surface area contributed by atoms with E-state index in [-0.39, 0.29) is 6.42 Å². The fourth-order valence-electron chi connectivity index (χ4n) is 4.72. The van der Waals surface area contributed by atoms with E-state index < -0.39 is 17.9 Å². The summed E-state index contributed by atoms with van der Waals surface area (Å²) in [6.07, 6.45) is 5.21. The van der Waals surface area contributed by atoms with E-state index in [4.69, 9.17) is 4.52 Å². The summed E-state index contributed by atoms with van der Waals surface area (Å²) < 4.78 is 5.26. The molecule has 3 aromatic rings. The topological polar surface area (TPSA) is 121 Å². The lowest BCUT2D eigenvalue weighted by atomic mass is 9.96. The maximum Gasteiger partial charge on any atom is 0.326 e. The Labute approximate surface area is 217 Å². The number of hydrogen-bond acceptors (Lipinski definition) is 7. The summed E-state index contributed by atoms with van der Waals surface area (Å²) >= 11 is 0. The number of amides is 1. The van der Waals surface area contributed by atoms with Crippen LogP contribution in [0, 0.1) is 5.92 Å². The number of hydrogen-bond donors (Lipinski definition) is 3. The number of anilines is 2. The summed E-state index contributed by atoms with van der Waals surface area (Å²) in [5, 5.41) is 19.8. The van der Waals surface area contributed by atoms with Crippen molar-refractivity contribution in [1.29, 1.82) is 0 Å². The minimum Gasteiger partial charge on any atom is -0.480 e. The van der Waals surface area contributed by atoms with Gasteiger partial charge in [-0.3, -0.25) is 4.79 Å². The molecule has 1 aromatic carbocycles. The Morgan fingerprint density at radius 1 is 1.11 bits per heavy atom. The number of aryl methyl sites for hydroxylation is 2. The molecule has 0 spiro atoms. The molecular weight excluding hydrogens is 470 g/mol. The molecule has 4 rings (SSSR count). The predicted octanol–water partition coefficient (Wildman–Crippen LogP) is 3.95. The van der Waals surface area contributed by atoms with Gasteiger partial charge in [0.2, 0.25) is 0 Å². The molecule has 196 valence electrons. The largest absolute Gasteiger partial charge is 0.480 e. The standard InChI is InChI=1S/C28H35N5O4/c1-3-22-26(24(4-2)37-32-22)27(34)31-23(28(35)36)17-19-8-10-21(11-9-19)33-15-12-20(13-16-33)18-30-25-7-5-6-14-29-25/h5-11,14,20,23H,3-4,12-13,15-18H2,1-2H3,(H,29,30)(H,31,34)(H,35,36). The number of nitrogens with one attached hydrogen (secondary N) is 2. The normalized spacial score (nSPS) is 14.8.